The number of carboxylic acid groups (broad SMARTS) is 1. The number of nitrogens with one attached hydrogen (secondary N) is 2. The number of carbonyl (C=O) groups excluding carboxylic acids is 1. The van der Waals surface area contributed by atoms with Crippen LogP contribution in [0.25, 0.3) is 0 Å². The summed E-state index contributed by atoms with van der Waals surface area (Å²) in [7, 11) is 0. The zero-order valence-electron chi connectivity index (χ0n) is 11.5. The summed E-state index contributed by atoms with van der Waals surface area (Å²) >= 11 is 0. The largest absolute Gasteiger partial charge is 0.481 e. The fourth-order valence-corrected chi connectivity index (χ4v) is 1.69. The zero-order chi connectivity index (χ0) is 13.9. The van der Waals surface area contributed by atoms with Crippen LogP contribution in [0, 0.1) is 5.41 Å². The van der Waals surface area contributed by atoms with E-state index >= 15 is 0 Å². The van der Waals surface area contributed by atoms with Gasteiger partial charge < -0.3 is 15.7 Å². The zero-order valence-corrected chi connectivity index (χ0v) is 11.5. The molecule has 0 aromatic heterocycles. The van der Waals surface area contributed by atoms with E-state index in [9.17, 15) is 9.59 Å². The fourth-order valence-electron chi connectivity index (χ4n) is 1.69. The summed E-state index contributed by atoms with van der Waals surface area (Å²) in [6.45, 7) is 9.06. The first-order valence-electron chi connectivity index (χ1n) is 6.14. The monoisotopic (exact) mass is 254 g/mol. The fraction of sp³-hybridized carbons (Fsp3) is 0.692. The number of rotatable bonds is 4. The lowest BCUT2D eigenvalue weighted by Crippen LogP contribution is -2.46. The number of hydrogen-bond donors (Lipinski definition) is 3. The maximum absolute atomic E-state index is 12.0. The van der Waals surface area contributed by atoms with Crippen molar-refractivity contribution in [2.24, 2.45) is 5.41 Å². The molecule has 0 aromatic rings. The highest BCUT2D eigenvalue weighted by Crippen LogP contribution is 2.22. The molecule has 1 amide bonds. The van der Waals surface area contributed by atoms with Gasteiger partial charge in [0.25, 0.3) is 0 Å². The van der Waals surface area contributed by atoms with Crippen LogP contribution in [0.5, 0.6) is 0 Å². The van der Waals surface area contributed by atoms with Crippen molar-refractivity contribution in [1.82, 2.24) is 10.6 Å². The van der Waals surface area contributed by atoms with Crippen LogP contribution in [0.15, 0.2) is 11.1 Å². The molecule has 0 spiro atoms. The van der Waals surface area contributed by atoms with Gasteiger partial charge in [0.15, 0.2) is 0 Å². The van der Waals surface area contributed by atoms with Gasteiger partial charge in [-0.1, -0.05) is 20.8 Å². The van der Waals surface area contributed by atoms with Gasteiger partial charge in [0.05, 0.1) is 6.42 Å². The Morgan fingerprint density at radius 3 is 2.28 bits per heavy atom. The second kappa shape index (κ2) is 5.52. The van der Waals surface area contributed by atoms with E-state index in [2.05, 4.69) is 10.6 Å². The molecule has 102 valence electrons. The molecule has 1 aliphatic rings. The maximum Gasteiger partial charge on any atom is 0.305 e. The first-order chi connectivity index (χ1) is 8.21. The minimum Gasteiger partial charge on any atom is -0.481 e. The molecule has 0 radical (unpaired) electrons. The molecule has 1 unspecified atom stereocenters. The molecule has 0 aliphatic carbocycles. The summed E-state index contributed by atoms with van der Waals surface area (Å²) in [6, 6.07) is -0.369. The van der Waals surface area contributed by atoms with Crippen LogP contribution in [0.4, 0.5) is 0 Å². The molecular weight excluding hydrogens is 232 g/mol. The smallest absolute Gasteiger partial charge is 0.305 e. The van der Waals surface area contributed by atoms with Crippen molar-refractivity contribution in [3.8, 4) is 0 Å². The summed E-state index contributed by atoms with van der Waals surface area (Å²) < 4.78 is 0. The van der Waals surface area contributed by atoms with Crippen LogP contribution in [-0.2, 0) is 9.59 Å². The van der Waals surface area contributed by atoms with Crippen molar-refractivity contribution < 1.29 is 14.7 Å². The minimum atomic E-state index is -0.897. The Morgan fingerprint density at radius 1 is 1.39 bits per heavy atom. The lowest BCUT2D eigenvalue weighted by molar-refractivity contribution is -0.138. The van der Waals surface area contributed by atoms with Gasteiger partial charge in [-0.05, 0) is 17.9 Å². The standard InChI is InChI=1S/C13H22N2O3/c1-8(9-6-14-7-9)12(18)15-10(5-11(16)17)13(2,3)4/h10,14H,5-7H2,1-4H3,(H,15,18)(H,16,17). The number of hydrogen-bond acceptors (Lipinski definition) is 3. The Bertz CT molecular complexity index is 374. The number of aliphatic carboxylic acids is 1. The van der Waals surface area contributed by atoms with Gasteiger partial charge >= 0.3 is 5.97 Å². The van der Waals surface area contributed by atoms with Gasteiger partial charge in [-0.3, -0.25) is 9.59 Å². The van der Waals surface area contributed by atoms with E-state index in [0.717, 1.165) is 18.7 Å². The van der Waals surface area contributed by atoms with E-state index < -0.39 is 5.97 Å². The molecule has 0 aromatic carbocycles. The Balaban J connectivity index is 2.71. The van der Waals surface area contributed by atoms with E-state index in [0.29, 0.717) is 5.57 Å². The quantitative estimate of drug-likeness (QED) is 0.652. The summed E-state index contributed by atoms with van der Waals surface area (Å²) in [6.07, 6.45) is -0.0594. The predicted molar refractivity (Wildman–Crippen MR) is 69.2 cm³/mol. The second-order valence-corrected chi connectivity index (χ2v) is 5.82. The molecule has 5 heteroatoms. The van der Waals surface area contributed by atoms with Crippen molar-refractivity contribution in [3.05, 3.63) is 11.1 Å². The summed E-state index contributed by atoms with van der Waals surface area (Å²) in [4.78, 5) is 22.9. The van der Waals surface area contributed by atoms with Crippen molar-refractivity contribution in [3.63, 3.8) is 0 Å². The molecule has 1 heterocycles. The molecule has 1 rings (SSSR count). The molecule has 0 saturated carbocycles. The molecule has 5 nitrogen and oxygen atoms in total. The van der Waals surface area contributed by atoms with Gasteiger partial charge in [-0.25, -0.2) is 0 Å². The van der Waals surface area contributed by atoms with E-state index in [1.807, 2.05) is 20.8 Å². The predicted octanol–water partition coefficient (Wildman–Crippen LogP) is 0.912. The van der Waals surface area contributed by atoms with E-state index in [4.69, 9.17) is 5.11 Å². The summed E-state index contributed by atoms with van der Waals surface area (Å²) in [5.41, 5.74) is 1.51. The minimum absolute atomic E-state index is 0.0594. The Hall–Kier alpha value is -1.36. The molecule has 3 N–H and O–H groups in total. The maximum atomic E-state index is 12.0. The number of amides is 1. The lowest BCUT2D eigenvalue weighted by Gasteiger charge is -2.31. The second-order valence-electron chi connectivity index (χ2n) is 5.82. The molecule has 1 fully saturated rings. The molecule has 1 atom stereocenters. The molecule has 0 bridgehead atoms. The van der Waals surface area contributed by atoms with Crippen molar-refractivity contribution in [2.75, 3.05) is 13.1 Å². The molecule has 18 heavy (non-hydrogen) atoms. The average molecular weight is 254 g/mol. The lowest BCUT2D eigenvalue weighted by atomic mass is 9.84. The number of carbonyl (C=O) groups is 2. The Morgan fingerprint density at radius 2 is 1.94 bits per heavy atom. The first-order valence-corrected chi connectivity index (χ1v) is 6.14. The molecule has 1 aliphatic heterocycles. The first kappa shape index (κ1) is 14.7. The van der Waals surface area contributed by atoms with Gasteiger partial charge in [0.2, 0.25) is 5.91 Å². The third kappa shape index (κ3) is 3.84. The van der Waals surface area contributed by atoms with Gasteiger partial charge in [0, 0.05) is 24.7 Å². The summed E-state index contributed by atoms with van der Waals surface area (Å²) in [5, 5.41) is 14.8. The number of carboxylic acids is 1. The topological polar surface area (TPSA) is 78.4 Å². The third-order valence-electron chi connectivity index (χ3n) is 3.28. The summed E-state index contributed by atoms with van der Waals surface area (Å²) in [5.74, 6) is -1.06. The normalized spacial score (nSPS) is 16.8. The van der Waals surface area contributed by atoms with Crippen LogP contribution in [0.1, 0.15) is 34.1 Å². The van der Waals surface area contributed by atoms with Crippen LogP contribution >= 0.6 is 0 Å². The highest BCUT2D eigenvalue weighted by atomic mass is 16.4. The van der Waals surface area contributed by atoms with E-state index in [1.54, 1.807) is 6.92 Å². The average Bonchev–Trinajstić information content (AvgIpc) is 2.11. The van der Waals surface area contributed by atoms with Crippen LogP contribution in [-0.4, -0.2) is 36.1 Å². The van der Waals surface area contributed by atoms with E-state index in [-0.39, 0.29) is 23.8 Å². The Kier molecular flexibility index (Phi) is 4.51. The van der Waals surface area contributed by atoms with Crippen LogP contribution < -0.4 is 10.6 Å². The van der Waals surface area contributed by atoms with Gasteiger partial charge in [-0.2, -0.15) is 0 Å². The van der Waals surface area contributed by atoms with Crippen molar-refractivity contribution in [1.29, 1.82) is 0 Å². The highest BCUT2D eigenvalue weighted by molar-refractivity contribution is 5.94. The van der Waals surface area contributed by atoms with Crippen molar-refractivity contribution >= 4 is 11.9 Å². The van der Waals surface area contributed by atoms with Crippen LogP contribution in [0.3, 0.4) is 0 Å². The van der Waals surface area contributed by atoms with Crippen molar-refractivity contribution in [2.45, 2.75) is 40.2 Å². The Labute approximate surface area is 108 Å². The van der Waals surface area contributed by atoms with Gasteiger partial charge in [-0.15, -0.1) is 0 Å². The molecule has 1 saturated heterocycles. The molecular formula is C13H22N2O3. The third-order valence-corrected chi connectivity index (χ3v) is 3.28. The highest BCUT2D eigenvalue weighted by Gasteiger charge is 2.29. The SMILES string of the molecule is CC(C(=O)NC(CC(=O)O)C(C)(C)C)=C1CNC1. The van der Waals surface area contributed by atoms with Crippen LogP contribution in [0.2, 0.25) is 0 Å². The van der Waals surface area contributed by atoms with Gasteiger partial charge in [0.1, 0.15) is 0 Å². The van der Waals surface area contributed by atoms with E-state index in [1.165, 1.54) is 0 Å².